The zero-order valence-corrected chi connectivity index (χ0v) is 12.2. The minimum Gasteiger partial charge on any atom is -0.396 e. The van der Waals surface area contributed by atoms with Gasteiger partial charge in [0.25, 0.3) is 0 Å². The molecule has 5 heteroatoms. The highest BCUT2D eigenvalue weighted by Crippen LogP contribution is 2.18. The van der Waals surface area contributed by atoms with Crippen LogP contribution >= 0.6 is 0 Å². The number of nitrogens with one attached hydrogen (secondary N) is 1. The van der Waals surface area contributed by atoms with E-state index in [1.165, 1.54) is 0 Å². The lowest BCUT2D eigenvalue weighted by Crippen LogP contribution is -2.43. The highest BCUT2D eigenvalue weighted by atomic mass is 16.3. The number of amides is 1. The monoisotopic (exact) mass is 279 g/mol. The third-order valence-corrected chi connectivity index (χ3v) is 3.41. The molecule has 5 nitrogen and oxygen atoms in total. The van der Waals surface area contributed by atoms with Crippen LogP contribution in [-0.2, 0) is 4.79 Å². The molecule has 1 atom stereocenters. The molecule has 0 fully saturated rings. The van der Waals surface area contributed by atoms with Crippen LogP contribution in [0.2, 0.25) is 0 Å². The van der Waals surface area contributed by atoms with Crippen LogP contribution < -0.4 is 11.3 Å². The van der Waals surface area contributed by atoms with Crippen LogP contribution in [0.15, 0.2) is 30.3 Å². The molecule has 0 spiro atoms. The highest BCUT2D eigenvalue weighted by Gasteiger charge is 2.23. The molecule has 0 bridgehead atoms. The lowest BCUT2D eigenvalue weighted by atomic mass is 9.97. The van der Waals surface area contributed by atoms with Gasteiger partial charge in [-0.3, -0.25) is 15.1 Å². The molecule has 20 heavy (non-hydrogen) atoms. The SMILES string of the molecule is CC(C)N(CCCO)CC(C(=O)NN)c1ccccc1. The van der Waals surface area contributed by atoms with Crippen molar-refractivity contribution in [1.82, 2.24) is 10.3 Å². The van der Waals surface area contributed by atoms with E-state index in [1.54, 1.807) is 0 Å². The Morgan fingerprint density at radius 2 is 2.00 bits per heavy atom. The predicted octanol–water partition coefficient (Wildman–Crippen LogP) is 0.853. The van der Waals surface area contributed by atoms with E-state index in [1.807, 2.05) is 30.3 Å². The van der Waals surface area contributed by atoms with Gasteiger partial charge in [0, 0.05) is 25.7 Å². The predicted molar refractivity (Wildman–Crippen MR) is 79.9 cm³/mol. The van der Waals surface area contributed by atoms with Gasteiger partial charge in [0.15, 0.2) is 0 Å². The maximum absolute atomic E-state index is 12.0. The first-order valence-corrected chi connectivity index (χ1v) is 7.00. The minimum absolute atomic E-state index is 0.155. The molecule has 1 amide bonds. The van der Waals surface area contributed by atoms with E-state index in [0.29, 0.717) is 19.0 Å². The zero-order valence-electron chi connectivity index (χ0n) is 12.2. The Labute approximate surface area is 120 Å². The number of carbonyl (C=O) groups is 1. The third-order valence-electron chi connectivity index (χ3n) is 3.41. The van der Waals surface area contributed by atoms with E-state index < -0.39 is 0 Å². The second kappa shape index (κ2) is 8.68. The highest BCUT2D eigenvalue weighted by molar-refractivity contribution is 5.83. The largest absolute Gasteiger partial charge is 0.396 e. The molecule has 0 saturated heterocycles. The Morgan fingerprint density at radius 1 is 1.35 bits per heavy atom. The van der Waals surface area contributed by atoms with Crippen LogP contribution in [0, 0.1) is 0 Å². The quantitative estimate of drug-likeness (QED) is 0.374. The van der Waals surface area contributed by atoms with Crippen molar-refractivity contribution >= 4 is 5.91 Å². The average molecular weight is 279 g/mol. The molecule has 112 valence electrons. The van der Waals surface area contributed by atoms with Gasteiger partial charge in [-0.25, -0.2) is 5.84 Å². The number of aliphatic hydroxyl groups is 1. The topological polar surface area (TPSA) is 78.6 Å². The smallest absolute Gasteiger partial charge is 0.242 e. The molecule has 0 radical (unpaired) electrons. The lowest BCUT2D eigenvalue weighted by Gasteiger charge is -2.30. The fraction of sp³-hybridized carbons (Fsp3) is 0.533. The fourth-order valence-electron chi connectivity index (χ4n) is 2.19. The molecule has 0 aromatic heterocycles. The molecule has 1 rings (SSSR count). The molecular weight excluding hydrogens is 254 g/mol. The van der Waals surface area contributed by atoms with Crippen molar-refractivity contribution in [3.8, 4) is 0 Å². The van der Waals surface area contributed by atoms with E-state index in [2.05, 4.69) is 24.2 Å². The number of carbonyl (C=O) groups excluding carboxylic acids is 1. The normalized spacial score (nSPS) is 12.7. The molecule has 0 heterocycles. The minimum atomic E-state index is -0.303. The van der Waals surface area contributed by atoms with Gasteiger partial charge in [-0.2, -0.15) is 0 Å². The van der Waals surface area contributed by atoms with Gasteiger partial charge in [0.1, 0.15) is 0 Å². The Bertz CT molecular complexity index is 395. The molecule has 0 aliphatic heterocycles. The summed E-state index contributed by atoms with van der Waals surface area (Å²) < 4.78 is 0. The van der Waals surface area contributed by atoms with Crippen molar-refractivity contribution in [3.05, 3.63) is 35.9 Å². The van der Waals surface area contributed by atoms with Crippen molar-refractivity contribution in [3.63, 3.8) is 0 Å². The van der Waals surface area contributed by atoms with E-state index in [4.69, 9.17) is 10.9 Å². The summed E-state index contributed by atoms with van der Waals surface area (Å²) >= 11 is 0. The molecule has 1 aromatic carbocycles. The van der Waals surface area contributed by atoms with E-state index in [-0.39, 0.29) is 18.4 Å². The Kier molecular flexibility index (Phi) is 7.22. The number of benzene rings is 1. The van der Waals surface area contributed by atoms with Crippen LogP contribution in [-0.4, -0.2) is 41.7 Å². The molecule has 1 aromatic rings. The first kappa shape index (κ1) is 16.6. The van der Waals surface area contributed by atoms with Crippen molar-refractivity contribution < 1.29 is 9.90 Å². The first-order chi connectivity index (χ1) is 9.60. The van der Waals surface area contributed by atoms with Crippen LogP contribution in [0.1, 0.15) is 31.7 Å². The van der Waals surface area contributed by atoms with Gasteiger partial charge in [0.2, 0.25) is 5.91 Å². The number of nitrogens with zero attached hydrogens (tertiary/aromatic N) is 1. The van der Waals surface area contributed by atoms with Gasteiger partial charge in [-0.15, -0.1) is 0 Å². The zero-order chi connectivity index (χ0) is 15.0. The summed E-state index contributed by atoms with van der Waals surface area (Å²) in [6.45, 7) is 5.67. The number of hydrogen-bond donors (Lipinski definition) is 3. The van der Waals surface area contributed by atoms with Crippen LogP contribution in [0.5, 0.6) is 0 Å². The summed E-state index contributed by atoms with van der Waals surface area (Å²) in [5.41, 5.74) is 3.20. The van der Waals surface area contributed by atoms with Crippen LogP contribution in [0.4, 0.5) is 0 Å². The van der Waals surface area contributed by atoms with E-state index in [0.717, 1.165) is 12.1 Å². The second-order valence-electron chi connectivity index (χ2n) is 5.14. The van der Waals surface area contributed by atoms with E-state index in [9.17, 15) is 4.79 Å². The Morgan fingerprint density at radius 3 is 2.50 bits per heavy atom. The molecule has 0 saturated carbocycles. The summed E-state index contributed by atoms with van der Waals surface area (Å²) in [6, 6.07) is 9.93. The summed E-state index contributed by atoms with van der Waals surface area (Å²) in [5, 5.41) is 8.98. The maximum atomic E-state index is 12.0. The van der Waals surface area contributed by atoms with Gasteiger partial charge in [0.05, 0.1) is 5.92 Å². The first-order valence-electron chi connectivity index (χ1n) is 7.00. The number of nitrogens with two attached hydrogens (primary N) is 1. The van der Waals surface area contributed by atoms with Crippen LogP contribution in [0.3, 0.4) is 0 Å². The Balaban J connectivity index is 2.85. The third kappa shape index (κ3) is 4.92. The lowest BCUT2D eigenvalue weighted by molar-refractivity contribution is -0.123. The Hall–Kier alpha value is -1.43. The molecule has 1 unspecified atom stereocenters. The second-order valence-corrected chi connectivity index (χ2v) is 5.14. The average Bonchev–Trinajstić information content (AvgIpc) is 2.47. The van der Waals surface area contributed by atoms with Crippen LogP contribution in [0.25, 0.3) is 0 Å². The molecule has 0 aliphatic carbocycles. The summed E-state index contributed by atoms with van der Waals surface area (Å²) in [4.78, 5) is 14.2. The van der Waals surface area contributed by atoms with Gasteiger partial charge in [-0.05, 0) is 25.8 Å². The van der Waals surface area contributed by atoms with E-state index >= 15 is 0 Å². The van der Waals surface area contributed by atoms with Gasteiger partial charge in [-0.1, -0.05) is 30.3 Å². The van der Waals surface area contributed by atoms with Gasteiger partial charge < -0.3 is 5.11 Å². The molecule has 0 aliphatic rings. The van der Waals surface area contributed by atoms with Gasteiger partial charge >= 0.3 is 0 Å². The fourth-order valence-corrected chi connectivity index (χ4v) is 2.19. The van der Waals surface area contributed by atoms with Crippen molar-refractivity contribution in [1.29, 1.82) is 0 Å². The van der Waals surface area contributed by atoms with Crippen molar-refractivity contribution in [2.24, 2.45) is 5.84 Å². The number of hydrogen-bond acceptors (Lipinski definition) is 4. The molecule has 4 N–H and O–H groups in total. The maximum Gasteiger partial charge on any atom is 0.242 e. The number of aliphatic hydroxyl groups excluding tert-OH is 1. The summed E-state index contributed by atoms with van der Waals surface area (Å²) in [6.07, 6.45) is 0.698. The number of hydrazine groups is 1. The summed E-state index contributed by atoms with van der Waals surface area (Å²) in [7, 11) is 0. The summed E-state index contributed by atoms with van der Waals surface area (Å²) in [5.74, 6) is 4.81. The van der Waals surface area contributed by atoms with Crippen molar-refractivity contribution in [2.75, 3.05) is 19.7 Å². The standard InChI is InChI=1S/C15H25N3O2/c1-12(2)18(9-6-10-19)11-14(15(20)17-16)13-7-4-3-5-8-13/h3-5,7-8,12,14,19H,6,9-11,16H2,1-2H3,(H,17,20). The molecular formula is C15H25N3O2. The number of rotatable bonds is 8. The van der Waals surface area contributed by atoms with Crippen molar-refractivity contribution in [2.45, 2.75) is 32.2 Å².